The van der Waals surface area contributed by atoms with Crippen LogP contribution >= 0.6 is 0 Å². The van der Waals surface area contributed by atoms with Crippen molar-refractivity contribution in [1.29, 1.82) is 0 Å². The number of rotatable bonds is 5. The SMILES string of the molecule is COC(=O)c1cc(CN=[N+]=[N-])cc(CNC(=O)OC(C)(C)C)c1. The summed E-state index contributed by atoms with van der Waals surface area (Å²) < 4.78 is 9.83. The summed E-state index contributed by atoms with van der Waals surface area (Å²) in [4.78, 5) is 26.0. The molecule has 0 unspecified atom stereocenters. The van der Waals surface area contributed by atoms with E-state index in [0.717, 1.165) is 0 Å². The maximum absolute atomic E-state index is 11.7. The number of hydrogen-bond acceptors (Lipinski definition) is 5. The van der Waals surface area contributed by atoms with Crippen LogP contribution in [0, 0.1) is 0 Å². The molecule has 0 spiro atoms. The number of carbonyl (C=O) groups is 2. The van der Waals surface area contributed by atoms with Crippen LogP contribution in [0.4, 0.5) is 4.79 Å². The molecule has 0 aliphatic heterocycles. The van der Waals surface area contributed by atoms with Gasteiger partial charge in [0.2, 0.25) is 0 Å². The first-order valence-corrected chi connectivity index (χ1v) is 6.94. The molecule has 124 valence electrons. The van der Waals surface area contributed by atoms with Gasteiger partial charge in [0.25, 0.3) is 0 Å². The molecule has 23 heavy (non-hydrogen) atoms. The number of nitrogens with zero attached hydrogens (tertiary/aromatic N) is 3. The number of methoxy groups -OCH3 is 1. The summed E-state index contributed by atoms with van der Waals surface area (Å²) in [5, 5.41) is 6.08. The number of alkyl carbamates (subject to hydrolysis) is 1. The molecule has 0 atom stereocenters. The Morgan fingerprint density at radius 1 is 1.26 bits per heavy atom. The largest absolute Gasteiger partial charge is 0.465 e. The highest BCUT2D eigenvalue weighted by molar-refractivity contribution is 5.89. The van der Waals surface area contributed by atoms with Crippen LogP contribution in [0.3, 0.4) is 0 Å². The Morgan fingerprint density at radius 3 is 2.48 bits per heavy atom. The highest BCUT2D eigenvalue weighted by Crippen LogP contribution is 2.14. The van der Waals surface area contributed by atoms with Gasteiger partial charge in [0, 0.05) is 11.5 Å². The standard InChI is InChI=1S/C15H20N4O4/c1-15(2,3)23-14(21)17-8-10-5-11(9-18-19-16)7-12(6-10)13(20)22-4/h5-7H,8-9H2,1-4H3,(H,17,21). The molecule has 8 nitrogen and oxygen atoms in total. The monoisotopic (exact) mass is 320 g/mol. The molecule has 0 radical (unpaired) electrons. The average molecular weight is 320 g/mol. The molecule has 0 aliphatic carbocycles. The molecule has 1 amide bonds. The van der Waals surface area contributed by atoms with Gasteiger partial charge >= 0.3 is 12.1 Å². The molecule has 0 saturated carbocycles. The van der Waals surface area contributed by atoms with Crippen molar-refractivity contribution in [2.24, 2.45) is 5.11 Å². The lowest BCUT2D eigenvalue weighted by atomic mass is 10.1. The highest BCUT2D eigenvalue weighted by atomic mass is 16.6. The van der Waals surface area contributed by atoms with Crippen LogP contribution < -0.4 is 5.32 Å². The molecule has 0 aromatic heterocycles. The second-order valence-electron chi connectivity index (χ2n) is 5.77. The third kappa shape index (κ3) is 6.71. The van der Waals surface area contributed by atoms with Crippen LogP contribution in [0.1, 0.15) is 42.3 Å². The van der Waals surface area contributed by atoms with Gasteiger partial charge in [-0.25, -0.2) is 9.59 Å². The minimum atomic E-state index is -0.593. The first kappa shape index (κ1) is 18.3. The summed E-state index contributed by atoms with van der Waals surface area (Å²) in [6.07, 6.45) is -0.558. The van der Waals surface area contributed by atoms with Gasteiger partial charge in [-0.1, -0.05) is 11.2 Å². The molecule has 1 N–H and O–H groups in total. The van der Waals surface area contributed by atoms with Gasteiger partial charge in [-0.15, -0.1) is 0 Å². The van der Waals surface area contributed by atoms with Crippen molar-refractivity contribution in [3.8, 4) is 0 Å². The summed E-state index contributed by atoms with van der Waals surface area (Å²) in [5.74, 6) is -0.508. The minimum absolute atomic E-state index is 0.0980. The van der Waals surface area contributed by atoms with Crippen molar-refractivity contribution >= 4 is 12.1 Å². The maximum Gasteiger partial charge on any atom is 0.407 e. The molecule has 1 rings (SSSR count). The van der Waals surface area contributed by atoms with E-state index in [2.05, 4.69) is 20.1 Å². The molecular weight excluding hydrogens is 300 g/mol. The fraction of sp³-hybridized carbons (Fsp3) is 0.467. The second kappa shape index (κ2) is 8.05. The second-order valence-corrected chi connectivity index (χ2v) is 5.77. The van der Waals surface area contributed by atoms with E-state index in [0.29, 0.717) is 16.7 Å². The fourth-order valence-electron chi connectivity index (χ4n) is 1.79. The van der Waals surface area contributed by atoms with Crippen molar-refractivity contribution in [1.82, 2.24) is 5.32 Å². The Bertz CT molecular complexity index is 631. The Kier molecular flexibility index (Phi) is 6.41. The number of carbonyl (C=O) groups excluding carboxylic acids is 2. The Morgan fingerprint density at radius 2 is 1.91 bits per heavy atom. The van der Waals surface area contributed by atoms with Crippen molar-refractivity contribution in [2.75, 3.05) is 7.11 Å². The van der Waals surface area contributed by atoms with Crippen LogP contribution in [0.25, 0.3) is 10.4 Å². The topological polar surface area (TPSA) is 113 Å². The third-order valence-electron chi connectivity index (χ3n) is 2.63. The Labute approximate surface area is 134 Å². The smallest absolute Gasteiger partial charge is 0.407 e. The predicted octanol–water partition coefficient (Wildman–Crippen LogP) is 3.31. The predicted molar refractivity (Wildman–Crippen MR) is 83.7 cm³/mol. The van der Waals surface area contributed by atoms with E-state index in [9.17, 15) is 9.59 Å². The van der Waals surface area contributed by atoms with Gasteiger partial charge in [0.05, 0.1) is 19.2 Å². The van der Waals surface area contributed by atoms with Crippen LogP contribution in [0.2, 0.25) is 0 Å². The van der Waals surface area contributed by atoms with Gasteiger partial charge < -0.3 is 14.8 Å². The van der Waals surface area contributed by atoms with Gasteiger partial charge in [-0.2, -0.15) is 0 Å². The minimum Gasteiger partial charge on any atom is -0.465 e. The van der Waals surface area contributed by atoms with Gasteiger partial charge in [0.1, 0.15) is 5.60 Å². The summed E-state index contributed by atoms with van der Waals surface area (Å²) in [6, 6.07) is 4.92. The lowest BCUT2D eigenvalue weighted by Crippen LogP contribution is -2.32. The van der Waals surface area contributed by atoms with Crippen LogP contribution in [-0.2, 0) is 22.6 Å². The molecule has 1 aromatic carbocycles. The summed E-state index contributed by atoms with van der Waals surface area (Å²) in [7, 11) is 1.28. The van der Waals surface area contributed by atoms with Crippen molar-refractivity contribution in [3.63, 3.8) is 0 Å². The molecule has 0 aliphatic rings. The quantitative estimate of drug-likeness (QED) is 0.388. The van der Waals surface area contributed by atoms with Crippen LogP contribution in [0.15, 0.2) is 23.3 Å². The first-order chi connectivity index (χ1) is 10.7. The molecule has 0 heterocycles. The van der Waals surface area contributed by atoms with Crippen LogP contribution in [-0.4, -0.2) is 24.8 Å². The van der Waals surface area contributed by atoms with Crippen LogP contribution in [0.5, 0.6) is 0 Å². The van der Waals surface area contributed by atoms with E-state index in [4.69, 9.17) is 10.3 Å². The molecule has 0 bridgehead atoms. The third-order valence-corrected chi connectivity index (χ3v) is 2.63. The van der Waals surface area contributed by atoms with E-state index in [1.165, 1.54) is 7.11 Å². The van der Waals surface area contributed by atoms with E-state index < -0.39 is 17.7 Å². The molecular formula is C15H20N4O4. The number of amides is 1. The maximum atomic E-state index is 11.7. The molecule has 0 saturated heterocycles. The number of benzene rings is 1. The number of azide groups is 1. The fourth-order valence-corrected chi connectivity index (χ4v) is 1.79. The molecule has 8 heteroatoms. The normalized spacial score (nSPS) is 10.4. The summed E-state index contributed by atoms with van der Waals surface area (Å²) >= 11 is 0. The molecule has 1 aromatic rings. The highest BCUT2D eigenvalue weighted by Gasteiger charge is 2.16. The van der Waals surface area contributed by atoms with E-state index in [1.54, 1.807) is 39.0 Å². The van der Waals surface area contributed by atoms with Gasteiger partial charge in [-0.3, -0.25) is 0 Å². The average Bonchev–Trinajstić information content (AvgIpc) is 2.48. The lowest BCUT2D eigenvalue weighted by Gasteiger charge is -2.19. The first-order valence-electron chi connectivity index (χ1n) is 6.94. The zero-order valence-corrected chi connectivity index (χ0v) is 13.6. The van der Waals surface area contributed by atoms with E-state index >= 15 is 0 Å². The zero-order chi connectivity index (χ0) is 17.5. The van der Waals surface area contributed by atoms with E-state index in [1.807, 2.05) is 0 Å². The lowest BCUT2D eigenvalue weighted by molar-refractivity contribution is 0.0523. The van der Waals surface area contributed by atoms with Crippen molar-refractivity contribution < 1.29 is 19.1 Å². The van der Waals surface area contributed by atoms with Gasteiger partial charge in [-0.05, 0) is 49.6 Å². The number of esters is 1. The van der Waals surface area contributed by atoms with E-state index in [-0.39, 0.29) is 13.1 Å². The number of hydrogen-bond donors (Lipinski definition) is 1. The summed E-state index contributed by atoms with van der Waals surface area (Å²) in [6.45, 7) is 5.57. The number of nitrogens with one attached hydrogen (secondary N) is 1. The Hall–Kier alpha value is -2.73. The zero-order valence-electron chi connectivity index (χ0n) is 13.6. The summed E-state index contributed by atoms with van der Waals surface area (Å²) in [5.41, 5.74) is 9.44. The number of ether oxygens (including phenoxy) is 2. The van der Waals surface area contributed by atoms with Crippen molar-refractivity contribution in [2.45, 2.75) is 39.5 Å². The Balaban J connectivity index is 2.89. The van der Waals surface area contributed by atoms with Gasteiger partial charge in [0.15, 0.2) is 0 Å². The molecule has 0 fully saturated rings. The van der Waals surface area contributed by atoms with Crippen molar-refractivity contribution in [3.05, 3.63) is 45.3 Å².